The molecular weight excluding hydrogens is 158 g/mol. The number of hydrogen-bond donors (Lipinski definition) is 1. The molecule has 1 unspecified atom stereocenters. The van der Waals surface area contributed by atoms with Crippen molar-refractivity contribution in [1.82, 2.24) is 5.32 Å². The van der Waals surface area contributed by atoms with Crippen LogP contribution in [0.5, 0.6) is 0 Å². The minimum atomic E-state index is 0.575. The zero-order chi connectivity index (χ0) is 9.68. The fourth-order valence-corrected chi connectivity index (χ4v) is 1.59. The Hall–Kier alpha value is -0.820. The van der Waals surface area contributed by atoms with Crippen LogP contribution in [-0.2, 0) is 6.42 Å². The number of hydrogen-bond acceptors (Lipinski definition) is 1. The molecule has 0 spiro atoms. The summed E-state index contributed by atoms with van der Waals surface area (Å²) >= 11 is 0. The molecule has 0 radical (unpaired) electrons. The maximum atomic E-state index is 3.42. The predicted octanol–water partition coefficient (Wildman–Crippen LogP) is 2.54. The molecule has 0 fully saturated rings. The molecule has 1 heteroatoms. The Morgan fingerprint density at radius 3 is 2.62 bits per heavy atom. The summed E-state index contributed by atoms with van der Waals surface area (Å²) in [5.41, 5.74) is 2.85. The summed E-state index contributed by atoms with van der Waals surface area (Å²) in [6.45, 7) is 7.60. The molecule has 1 N–H and O–H groups in total. The van der Waals surface area contributed by atoms with E-state index in [4.69, 9.17) is 0 Å². The van der Waals surface area contributed by atoms with Crippen molar-refractivity contribution in [3.8, 4) is 0 Å². The van der Waals surface area contributed by atoms with Crippen molar-refractivity contribution >= 4 is 0 Å². The van der Waals surface area contributed by atoms with Gasteiger partial charge in [0.2, 0.25) is 0 Å². The summed E-state index contributed by atoms with van der Waals surface area (Å²) in [7, 11) is 0. The second-order valence-electron chi connectivity index (χ2n) is 3.59. The molecule has 0 aliphatic heterocycles. The molecule has 1 aromatic carbocycles. The van der Waals surface area contributed by atoms with Gasteiger partial charge in [0.15, 0.2) is 0 Å². The molecule has 13 heavy (non-hydrogen) atoms. The summed E-state index contributed by atoms with van der Waals surface area (Å²) in [6.07, 6.45) is 1.13. The number of aryl methyl sites for hydroxylation is 1. The first-order chi connectivity index (χ1) is 6.24. The molecule has 1 rings (SSSR count). The van der Waals surface area contributed by atoms with Crippen molar-refractivity contribution in [3.05, 3.63) is 35.4 Å². The van der Waals surface area contributed by atoms with Crippen LogP contribution in [0.3, 0.4) is 0 Å². The van der Waals surface area contributed by atoms with Gasteiger partial charge in [-0.1, -0.05) is 31.2 Å². The SMILES string of the molecule is CCNC(C)Cc1ccccc1C. The number of rotatable bonds is 4. The number of nitrogens with one attached hydrogen (secondary N) is 1. The first kappa shape index (κ1) is 10.3. The lowest BCUT2D eigenvalue weighted by molar-refractivity contribution is 0.564. The molecule has 1 nitrogen and oxygen atoms in total. The molecule has 1 aromatic rings. The van der Waals surface area contributed by atoms with Crippen LogP contribution in [0.4, 0.5) is 0 Å². The Balaban J connectivity index is 2.58. The maximum Gasteiger partial charge on any atom is 0.00791 e. The second kappa shape index (κ2) is 5.03. The lowest BCUT2D eigenvalue weighted by Crippen LogP contribution is -2.27. The average molecular weight is 177 g/mol. The van der Waals surface area contributed by atoms with E-state index < -0.39 is 0 Å². The van der Waals surface area contributed by atoms with Crippen molar-refractivity contribution in [3.63, 3.8) is 0 Å². The highest BCUT2D eigenvalue weighted by atomic mass is 14.9. The summed E-state index contributed by atoms with van der Waals surface area (Å²) in [4.78, 5) is 0. The van der Waals surface area contributed by atoms with Gasteiger partial charge in [-0.3, -0.25) is 0 Å². The van der Waals surface area contributed by atoms with E-state index in [1.165, 1.54) is 11.1 Å². The Morgan fingerprint density at radius 1 is 1.31 bits per heavy atom. The van der Waals surface area contributed by atoms with E-state index in [1.54, 1.807) is 0 Å². The van der Waals surface area contributed by atoms with E-state index in [-0.39, 0.29) is 0 Å². The van der Waals surface area contributed by atoms with Crippen LogP contribution < -0.4 is 5.32 Å². The van der Waals surface area contributed by atoms with Crippen LogP contribution in [0.2, 0.25) is 0 Å². The van der Waals surface area contributed by atoms with Gasteiger partial charge in [0.1, 0.15) is 0 Å². The quantitative estimate of drug-likeness (QED) is 0.745. The summed E-state index contributed by atoms with van der Waals surface area (Å²) in [5.74, 6) is 0. The molecule has 0 saturated heterocycles. The van der Waals surface area contributed by atoms with Gasteiger partial charge in [-0.15, -0.1) is 0 Å². The fourth-order valence-electron chi connectivity index (χ4n) is 1.59. The normalized spacial score (nSPS) is 12.8. The van der Waals surface area contributed by atoms with Crippen molar-refractivity contribution in [1.29, 1.82) is 0 Å². The second-order valence-corrected chi connectivity index (χ2v) is 3.59. The van der Waals surface area contributed by atoms with Crippen molar-refractivity contribution in [2.45, 2.75) is 33.2 Å². The number of likely N-dealkylation sites (N-methyl/N-ethyl adjacent to an activating group) is 1. The Labute approximate surface area is 81.2 Å². The van der Waals surface area contributed by atoms with Crippen LogP contribution in [-0.4, -0.2) is 12.6 Å². The van der Waals surface area contributed by atoms with E-state index in [9.17, 15) is 0 Å². The van der Waals surface area contributed by atoms with Gasteiger partial charge in [-0.25, -0.2) is 0 Å². The van der Waals surface area contributed by atoms with Crippen LogP contribution in [0.15, 0.2) is 24.3 Å². The first-order valence-electron chi connectivity index (χ1n) is 5.02. The van der Waals surface area contributed by atoms with E-state index in [2.05, 4.69) is 50.4 Å². The van der Waals surface area contributed by atoms with Gasteiger partial charge < -0.3 is 5.32 Å². The van der Waals surface area contributed by atoms with Crippen molar-refractivity contribution in [2.75, 3.05) is 6.54 Å². The van der Waals surface area contributed by atoms with Gasteiger partial charge in [0.05, 0.1) is 0 Å². The zero-order valence-electron chi connectivity index (χ0n) is 8.80. The largest absolute Gasteiger partial charge is 0.314 e. The molecule has 0 aromatic heterocycles. The van der Waals surface area contributed by atoms with Gasteiger partial charge in [0, 0.05) is 6.04 Å². The van der Waals surface area contributed by atoms with E-state index in [0.717, 1.165) is 13.0 Å². The molecule has 0 aliphatic carbocycles. The van der Waals surface area contributed by atoms with Crippen molar-refractivity contribution in [2.24, 2.45) is 0 Å². The zero-order valence-corrected chi connectivity index (χ0v) is 8.80. The molecule has 0 aliphatic rings. The Kier molecular flexibility index (Phi) is 3.97. The third-order valence-corrected chi connectivity index (χ3v) is 2.34. The molecular formula is C12H19N. The minimum absolute atomic E-state index is 0.575. The van der Waals surface area contributed by atoms with E-state index in [0.29, 0.717) is 6.04 Å². The third-order valence-electron chi connectivity index (χ3n) is 2.34. The third kappa shape index (κ3) is 3.19. The van der Waals surface area contributed by atoms with Gasteiger partial charge in [0.25, 0.3) is 0 Å². The smallest absolute Gasteiger partial charge is 0.00791 e. The van der Waals surface area contributed by atoms with Crippen LogP contribution in [0, 0.1) is 6.92 Å². The van der Waals surface area contributed by atoms with Crippen LogP contribution >= 0.6 is 0 Å². The van der Waals surface area contributed by atoms with Crippen LogP contribution in [0.25, 0.3) is 0 Å². The van der Waals surface area contributed by atoms with Crippen molar-refractivity contribution < 1.29 is 0 Å². The summed E-state index contributed by atoms with van der Waals surface area (Å²) in [6, 6.07) is 9.17. The van der Waals surface area contributed by atoms with Gasteiger partial charge >= 0.3 is 0 Å². The number of benzene rings is 1. The Bertz CT molecular complexity index is 255. The highest BCUT2D eigenvalue weighted by Gasteiger charge is 2.02. The molecule has 0 heterocycles. The van der Waals surface area contributed by atoms with E-state index in [1.807, 2.05) is 0 Å². The predicted molar refractivity (Wildman–Crippen MR) is 58.0 cm³/mol. The first-order valence-corrected chi connectivity index (χ1v) is 5.02. The topological polar surface area (TPSA) is 12.0 Å². The lowest BCUT2D eigenvalue weighted by Gasteiger charge is -2.13. The van der Waals surface area contributed by atoms with Gasteiger partial charge in [-0.2, -0.15) is 0 Å². The minimum Gasteiger partial charge on any atom is -0.314 e. The molecule has 0 amide bonds. The standard InChI is InChI=1S/C12H19N/c1-4-13-11(3)9-12-8-6-5-7-10(12)2/h5-8,11,13H,4,9H2,1-3H3. The highest BCUT2D eigenvalue weighted by Crippen LogP contribution is 2.09. The highest BCUT2D eigenvalue weighted by molar-refractivity contribution is 5.26. The summed E-state index contributed by atoms with van der Waals surface area (Å²) in [5, 5.41) is 3.42. The molecule has 1 atom stereocenters. The maximum absolute atomic E-state index is 3.42. The lowest BCUT2D eigenvalue weighted by atomic mass is 10.0. The molecule has 72 valence electrons. The summed E-state index contributed by atoms with van der Waals surface area (Å²) < 4.78 is 0. The van der Waals surface area contributed by atoms with Crippen LogP contribution in [0.1, 0.15) is 25.0 Å². The fraction of sp³-hybridized carbons (Fsp3) is 0.500. The monoisotopic (exact) mass is 177 g/mol. The Morgan fingerprint density at radius 2 is 2.00 bits per heavy atom. The average Bonchev–Trinajstić information content (AvgIpc) is 2.09. The molecule has 0 bridgehead atoms. The molecule has 0 saturated carbocycles. The van der Waals surface area contributed by atoms with Gasteiger partial charge in [-0.05, 0) is 37.9 Å². The van der Waals surface area contributed by atoms with E-state index >= 15 is 0 Å².